The van der Waals surface area contributed by atoms with Crippen LogP contribution in [0.3, 0.4) is 0 Å². The highest BCUT2D eigenvalue weighted by atomic mass is 79.9. The molecule has 0 aromatic heterocycles. The molecule has 1 aliphatic rings. The van der Waals surface area contributed by atoms with Gasteiger partial charge in [-0.1, -0.05) is 28.1 Å². The fraction of sp³-hybridized carbons (Fsp3) is 0.571. The van der Waals surface area contributed by atoms with E-state index in [0.717, 1.165) is 24.0 Å². The van der Waals surface area contributed by atoms with Crippen molar-refractivity contribution in [2.24, 2.45) is 5.92 Å². The zero-order valence-corrected chi connectivity index (χ0v) is 12.2. The summed E-state index contributed by atoms with van der Waals surface area (Å²) in [5.74, 6) is 0.801. The van der Waals surface area contributed by atoms with E-state index < -0.39 is 0 Å². The number of likely N-dealkylation sites (tertiary alicyclic amines) is 1. The Kier molecular flexibility index (Phi) is 5.01. The fourth-order valence-electron chi connectivity index (χ4n) is 2.50. The van der Waals surface area contributed by atoms with Crippen LogP contribution in [0.4, 0.5) is 4.39 Å². The van der Waals surface area contributed by atoms with Crippen LogP contribution in [0.25, 0.3) is 0 Å². The zero-order chi connectivity index (χ0) is 13.0. The Labute approximate surface area is 116 Å². The van der Waals surface area contributed by atoms with Crippen molar-refractivity contribution in [3.05, 3.63) is 29.6 Å². The molecule has 1 saturated heterocycles. The largest absolute Gasteiger partial charge is 0.494 e. The number of methoxy groups -OCH3 is 1. The molecule has 0 saturated carbocycles. The van der Waals surface area contributed by atoms with Crippen molar-refractivity contribution in [3.63, 3.8) is 0 Å². The summed E-state index contributed by atoms with van der Waals surface area (Å²) in [6, 6.07) is 5.36. The number of halogens is 2. The molecule has 100 valence electrons. The number of hydrogen-bond acceptors (Lipinski definition) is 2. The summed E-state index contributed by atoms with van der Waals surface area (Å²) >= 11 is 3.54. The SMILES string of the molecule is COc1cccc(CN2CCCC(CBr)C2)c1F. The number of ether oxygens (including phenoxy) is 1. The van der Waals surface area contributed by atoms with Gasteiger partial charge in [-0.15, -0.1) is 0 Å². The van der Waals surface area contributed by atoms with Gasteiger partial charge >= 0.3 is 0 Å². The minimum atomic E-state index is -0.221. The molecular weight excluding hydrogens is 297 g/mol. The van der Waals surface area contributed by atoms with Crippen molar-refractivity contribution in [2.45, 2.75) is 19.4 Å². The van der Waals surface area contributed by atoms with Crippen LogP contribution in [0.5, 0.6) is 5.75 Å². The van der Waals surface area contributed by atoms with Gasteiger partial charge in [0.25, 0.3) is 0 Å². The lowest BCUT2D eigenvalue weighted by atomic mass is 9.99. The molecule has 1 unspecified atom stereocenters. The number of alkyl halides is 1. The van der Waals surface area contributed by atoms with Gasteiger partial charge < -0.3 is 4.74 Å². The maximum atomic E-state index is 14.0. The number of piperidine rings is 1. The standard InChI is InChI=1S/C14H19BrFNO/c1-18-13-6-2-5-12(14(13)16)10-17-7-3-4-11(8-15)9-17/h2,5-6,11H,3-4,7-10H2,1H3. The van der Waals surface area contributed by atoms with E-state index >= 15 is 0 Å². The van der Waals surface area contributed by atoms with Crippen LogP contribution >= 0.6 is 15.9 Å². The third-order valence-corrected chi connectivity index (χ3v) is 4.39. The number of nitrogens with zero attached hydrogens (tertiary/aromatic N) is 1. The Morgan fingerprint density at radius 2 is 2.33 bits per heavy atom. The first-order valence-corrected chi connectivity index (χ1v) is 7.46. The molecule has 0 radical (unpaired) electrons. The number of rotatable bonds is 4. The van der Waals surface area contributed by atoms with Crippen LogP contribution in [0.1, 0.15) is 18.4 Å². The fourth-order valence-corrected chi connectivity index (χ4v) is 3.03. The summed E-state index contributed by atoms with van der Waals surface area (Å²) in [6.45, 7) is 2.77. The lowest BCUT2D eigenvalue weighted by Gasteiger charge is -2.32. The van der Waals surface area contributed by atoms with Crippen molar-refractivity contribution < 1.29 is 9.13 Å². The lowest BCUT2D eigenvalue weighted by molar-refractivity contribution is 0.177. The summed E-state index contributed by atoms with van der Waals surface area (Å²) in [6.07, 6.45) is 2.46. The minimum absolute atomic E-state index is 0.221. The molecule has 0 bridgehead atoms. The quantitative estimate of drug-likeness (QED) is 0.789. The molecule has 1 aromatic rings. The van der Waals surface area contributed by atoms with Crippen LogP contribution in [0.2, 0.25) is 0 Å². The Balaban J connectivity index is 2.04. The maximum Gasteiger partial charge on any atom is 0.169 e. The van der Waals surface area contributed by atoms with Crippen molar-refractivity contribution in [1.29, 1.82) is 0 Å². The van der Waals surface area contributed by atoms with E-state index in [4.69, 9.17) is 4.74 Å². The first-order valence-electron chi connectivity index (χ1n) is 6.34. The highest BCUT2D eigenvalue weighted by Gasteiger charge is 2.20. The third-order valence-electron chi connectivity index (χ3n) is 3.48. The maximum absolute atomic E-state index is 14.0. The predicted molar refractivity (Wildman–Crippen MR) is 74.7 cm³/mol. The Morgan fingerprint density at radius 1 is 1.50 bits per heavy atom. The van der Waals surface area contributed by atoms with Gasteiger partial charge in [0.05, 0.1) is 7.11 Å². The summed E-state index contributed by atoms with van der Waals surface area (Å²) < 4.78 is 19.1. The van der Waals surface area contributed by atoms with Crippen LogP contribution in [0.15, 0.2) is 18.2 Å². The predicted octanol–water partition coefficient (Wildman–Crippen LogP) is 3.44. The van der Waals surface area contributed by atoms with E-state index in [2.05, 4.69) is 20.8 Å². The van der Waals surface area contributed by atoms with E-state index in [-0.39, 0.29) is 5.82 Å². The molecule has 1 heterocycles. The lowest BCUT2D eigenvalue weighted by Crippen LogP contribution is -2.35. The highest BCUT2D eigenvalue weighted by molar-refractivity contribution is 9.09. The van der Waals surface area contributed by atoms with Gasteiger partial charge in [0, 0.05) is 24.0 Å². The minimum Gasteiger partial charge on any atom is -0.494 e. The second-order valence-electron chi connectivity index (χ2n) is 4.83. The topological polar surface area (TPSA) is 12.5 Å². The van der Waals surface area contributed by atoms with E-state index in [1.807, 2.05) is 12.1 Å². The summed E-state index contributed by atoms with van der Waals surface area (Å²) in [4.78, 5) is 2.33. The van der Waals surface area contributed by atoms with Gasteiger partial charge in [0.2, 0.25) is 0 Å². The van der Waals surface area contributed by atoms with Gasteiger partial charge in [-0.25, -0.2) is 4.39 Å². The van der Waals surface area contributed by atoms with Gasteiger partial charge in [-0.05, 0) is 31.4 Å². The summed E-state index contributed by atoms with van der Waals surface area (Å²) in [7, 11) is 1.50. The average molecular weight is 316 g/mol. The van der Waals surface area contributed by atoms with Crippen molar-refractivity contribution >= 4 is 15.9 Å². The Morgan fingerprint density at radius 3 is 3.06 bits per heavy atom. The van der Waals surface area contributed by atoms with Gasteiger partial charge in [-0.3, -0.25) is 4.90 Å². The molecule has 4 heteroatoms. The second-order valence-corrected chi connectivity index (χ2v) is 5.48. The molecule has 2 nitrogen and oxygen atoms in total. The number of hydrogen-bond donors (Lipinski definition) is 0. The van der Waals surface area contributed by atoms with Gasteiger partial charge in [0.1, 0.15) is 0 Å². The normalized spacial score (nSPS) is 20.9. The second kappa shape index (κ2) is 6.53. The molecule has 2 rings (SSSR count). The summed E-state index contributed by atoms with van der Waals surface area (Å²) in [5.41, 5.74) is 0.726. The first-order chi connectivity index (χ1) is 8.74. The first kappa shape index (κ1) is 13.8. The number of benzene rings is 1. The van der Waals surface area contributed by atoms with E-state index in [9.17, 15) is 4.39 Å². The smallest absolute Gasteiger partial charge is 0.169 e. The molecule has 1 aromatic carbocycles. The van der Waals surface area contributed by atoms with Crippen molar-refractivity contribution in [1.82, 2.24) is 4.90 Å². The highest BCUT2D eigenvalue weighted by Crippen LogP contribution is 2.24. The van der Waals surface area contributed by atoms with Crippen LogP contribution in [-0.4, -0.2) is 30.4 Å². The monoisotopic (exact) mass is 315 g/mol. The molecule has 0 spiro atoms. The van der Waals surface area contributed by atoms with Crippen LogP contribution < -0.4 is 4.74 Å². The molecule has 0 N–H and O–H groups in total. The van der Waals surface area contributed by atoms with Crippen molar-refractivity contribution in [3.8, 4) is 5.75 Å². The molecule has 1 atom stereocenters. The molecule has 0 aliphatic carbocycles. The summed E-state index contributed by atoms with van der Waals surface area (Å²) in [5, 5.41) is 1.03. The van der Waals surface area contributed by atoms with Crippen LogP contribution in [-0.2, 0) is 6.54 Å². The third kappa shape index (κ3) is 3.23. The van der Waals surface area contributed by atoms with Gasteiger partial charge in [-0.2, -0.15) is 0 Å². The van der Waals surface area contributed by atoms with Crippen molar-refractivity contribution in [2.75, 3.05) is 25.5 Å². The van der Waals surface area contributed by atoms with E-state index in [1.54, 1.807) is 6.07 Å². The molecular formula is C14H19BrFNO. The molecule has 1 fully saturated rings. The average Bonchev–Trinajstić information content (AvgIpc) is 2.41. The molecule has 18 heavy (non-hydrogen) atoms. The zero-order valence-electron chi connectivity index (χ0n) is 10.7. The molecule has 1 aliphatic heterocycles. The Bertz CT molecular complexity index is 399. The van der Waals surface area contributed by atoms with Gasteiger partial charge in [0.15, 0.2) is 11.6 Å². The van der Waals surface area contributed by atoms with E-state index in [1.165, 1.54) is 20.0 Å². The Hall–Kier alpha value is -0.610. The molecule has 0 amide bonds. The van der Waals surface area contributed by atoms with E-state index in [0.29, 0.717) is 18.2 Å². The van der Waals surface area contributed by atoms with Crippen LogP contribution in [0, 0.1) is 11.7 Å².